The van der Waals surface area contributed by atoms with Gasteiger partial charge in [-0.1, -0.05) is 26.2 Å². The Morgan fingerprint density at radius 2 is 1.95 bits per heavy atom. The second-order valence-electron chi connectivity index (χ2n) is 5.48. The van der Waals surface area contributed by atoms with Gasteiger partial charge in [-0.25, -0.2) is 4.79 Å². The van der Waals surface area contributed by atoms with Crippen LogP contribution in [0.15, 0.2) is 0 Å². The Kier molecular flexibility index (Phi) is 7.19. The van der Waals surface area contributed by atoms with Crippen molar-refractivity contribution in [2.45, 2.75) is 50.2 Å². The Labute approximate surface area is 125 Å². The third-order valence-corrected chi connectivity index (χ3v) is 5.43. The van der Waals surface area contributed by atoms with Crippen LogP contribution >= 0.6 is 11.8 Å². The molecule has 5 nitrogen and oxygen atoms in total. The largest absolute Gasteiger partial charge is 0.481 e. The highest BCUT2D eigenvalue weighted by Gasteiger charge is 2.33. The molecule has 0 aromatic rings. The minimum Gasteiger partial charge on any atom is -0.481 e. The number of aliphatic carboxylic acids is 1. The number of rotatable bonds is 8. The van der Waals surface area contributed by atoms with E-state index in [0.717, 1.165) is 19.3 Å². The van der Waals surface area contributed by atoms with Gasteiger partial charge in [0.25, 0.3) is 0 Å². The summed E-state index contributed by atoms with van der Waals surface area (Å²) in [5.74, 6) is -1.34. The fraction of sp³-hybridized carbons (Fsp3) is 0.857. The van der Waals surface area contributed by atoms with E-state index in [1.54, 1.807) is 0 Å². The normalized spacial score (nSPS) is 18.5. The van der Waals surface area contributed by atoms with E-state index in [4.69, 9.17) is 5.11 Å². The monoisotopic (exact) mass is 302 g/mol. The fourth-order valence-electron chi connectivity index (χ4n) is 2.65. The van der Waals surface area contributed by atoms with E-state index in [-0.39, 0.29) is 17.3 Å². The van der Waals surface area contributed by atoms with Gasteiger partial charge in [0.1, 0.15) is 0 Å². The third kappa shape index (κ3) is 5.23. The minimum absolute atomic E-state index is 0.174. The molecule has 1 unspecified atom stereocenters. The van der Waals surface area contributed by atoms with E-state index in [2.05, 4.69) is 16.9 Å². The van der Waals surface area contributed by atoms with Crippen LogP contribution in [0.25, 0.3) is 0 Å². The van der Waals surface area contributed by atoms with Gasteiger partial charge in [-0.05, 0) is 25.5 Å². The predicted octanol–water partition coefficient (Wildman–Crippen LogP) is 2.46. The first kappa shape index (κ1) is 17.1. The molecule has 0 radical (unpaired) electrons. The van der Waals surface area contributed by atoms with Crippen LogP contribution in [0.1, 0.15) is 45.4 Å². The summed E-state index contributed by atoms with van der Waals surface area (Å²) in [5, 5.41) is 14.6. The van der Waals surface area contributed by atoms with Crippen LogP contribution in [0.2, 0.25) is 0 Å². The molecule has 1 atom stereocenters. The number of carboxylic acids is 1. The van der Waals surface area contributed by atoms with E-state index in [9.17, 15) is 9.59 Å². The van der Waals surface area contributed by atoms with Crippen molar-refractivity contribution in [1.82, 2.24) is 10.6 Å². The lowest BCUT2D eigenvalue weighted by Crippen LogP contribution is -2.45. The van der Waals surface area contributed by atoms with E-state index in [1.807, 2.05) is 18.7 Å². The molecule has 0 saturated heterocycles. The number of hydrogen-bond donors (Lipinski definition) is 3. The standard InChI is InChI=1S/C14H26N2O3S/c1-3-6-11(12(17)18)9-15-13(19)16-10-14(20-2)7-4-5-8-14/h11H,3-10H2,1-2H3,(H,17,18)(H2,15,16,19). The van der Waals surface area contributed by atoms with Crippen molar-refractivity contribution in [1.29, 1.82) is 0 Å². The van der Waals surface area contributed by atoms with Gasteiger partial charge >= 0.3 is 12.0 Å². The zero-order valence-electron chi connectivity index (χ0n) is 12.4. The SMILES string of the molecule is CCCC(CNC(=O)NCC1(SC)CCCC1)C(=O)O. The lowest BCUT2D eigenvalue weighted by atomic mass is 10.0. The van der Waals surface area contributed by atoms with Gasteiger partial charge in [-0.2, -0.15) is 11.8 Å². The van der Waals surface area contributed by atoms with E-state index in [1.165, 1.54) is 12.8 Å². The number of urea groups is 1. The van der Waals surface area contributed by atoms with Crippen LogP contribution in [0.5, 0.6) is 0 Å². The van der Waals surface area contributed by atoms with Crippen LogP contribution in [-0.4, -0.2) is 41.2 Å². The van der Waals surface area contributed by atoms with Gasteiger partial charge in [0.15, 0.2) is 0 Å². The summed E-state index contributed by atoms with van der Waals surface area (Å²) in [6.45, 7) is 2.80. The first-order chi connectivity index (χ1) is 9.53. The molecule has 0 spiro atoms. The molecule has 1 aliphatic carbocycles. The lowest BCUT2D eigenvalue weighted by molar-refractivity contribution is -0.141. The number of carbonyl (C=O) groups is 2. The molecule has 2 amide bonds. The Bertz CT molecular complexity index is 330. The van der Waals surface area contributed by atoms with E-state index >= 15 is 0 Å². The average molecular weight is 302 g/mol. The predicted molar refractivity (Wildman–Crippen MR) is 82.1 cm³/mol. The fourth-order valence-corrected chi connectivity index (χ4v) is 3.57. The van der Waals surface area contributed by atoms with Gasteiger partial charge in [-0.3, -0.25) is 4.79 Å². The summed E-state index contributed by atoms with van der Waals surface area (Å²) >= 11 is 1.82. The Morgan fingerprint density at radius 1 is 1.30 bits per heavy atom. The molecule has 1 rings (SSSR count). The molecular formula is C14H26N2O3S. The van der Waals surface area contributed by atoms with Gasteiger partial charge in [0, 0.05) is 17.8 Å². The summed E-state index contributed by atoms with van der Waals surface area (Å²) < 4.78 is 0.174. The van der Waals surface area contributed by atoms with Gasteiger partial charge < -0.3 is 15.7 Å². The molecule has 3 N–H and O–H groups in total. The summed E-state index contributed by atoms with van der Waals surface area (Å²) in [6.07, 6.45) is 8.21. The number of hydrogen-bond acceptors (Lipinski definition) is 3. The van der Waals surface area contributed by atoms with Gasteiger partial charge in [-0.15, -0.1) is 0 Å². The maximum Gasteiger partial charge on any atom is 0.314 e. The maximum absolute atomic E-state index is 11.8. The van der Waals surface area contributed by atoms with E-state index < -0.39 is 11.9 Å². The summed E-state index contributed by atoms with van der Waals surface area (Å²) in [6, 6.07) is -0.257. The number of thioether (sulfide) groups is 1. The highest BCUT2D eigenvalue weighted by atomic mass is 32.2. The van der Waals surface area contributed by atoms with Crippen LogP contribution in [0, 0.1) is 5.92 Å². The van der Waals surface area contributed by atoms with Crippen LogP contribution in [-0.2, 0) is 4.79 Å². The zero-order chi connectivity index (χ0) is 15.0. The van der Waals surface area contributed by atoms with Crippen molar-refractivity contribution in [3.63, 3.8) is 0 Å². The smallest absolute Gasteiger partial charge is 0.314 e. The van der Waals surface area contributed by atoms with Crippen molar-refractivity contribution in [3.05, 3.63) is 0 Å². The molecule has 1 aliphatic rings. The maximum atomic E-state index is 11.8. The van der Waals surface area contributed by atoms with Crippen LogP contribution < -0.4 is 10.6 Å². The Hall–Kier alpha value is -0.910. The molecule has 0 heterocycles. The highest BCUT2D eigenvalue weighted by molar-refractivity contribution is 8.00. The van der Waals surface area contributed by atoms with Crippen molar-refractivity contribution in [2.75, 3.05) is 19.3 Å². The quantitative estimate of drug-likeness (QED) is 0.643. The topological polar surface area (TPSA) is 78.4 Å². The van der Waals surface area contributed by atoms with Crippen molar-refractivity contribution in [2.24, 2.45) is 5.92 Å². The summed E-state index contributed by atoms with van der Waals surface area (Å²) in [5.41, 5.74) is 0. The zero-order valence-corrected chi connectivity index (χ0v) is 13.2. The molecule has 0 aromatic heterocycles. The van der Waals surface area contributed by atoms with Crippen LogP contribution in [0.3, 0.4) is 0 Å². The van der Waals surface area contributed by atoms with Crippen molar-refractivity contribution >= 4 is 23.8 Å². The van der Waals surface area contributed by atoms with Crippen LogP contribution in [0.4, 0.5) is 4.79 Å². The number of carbonyl (C=O) groups excluding carboxylic acids is 1. The number of amides is 2. The van der Waals surface area contributed by atoms with Gasteiger partial charge in [0.05, 0.1) is 5.92 Å². The third-order valence-electron chi connectivity index (χ3n) is 4.01. The molecule has 20 heavy (non-hydrogen) atoms. The molecule has 6 heteroatoms. The highest BCUT2D eigenvalue weighted by Crippen LogP contribution is 2.39. The molecular weight excluding hydrogens is 276 g/mol. The molecule has 0 aromatic carbocycles. The van der Waals surface area contributed by atoms with Crippen molar-refractivity contribution in [3.8, 4) is 0 Å². The molecule has 1 saturated carbocycles. The summed E-state index contributed by atoms with van der Waals surface area (Å²) in [4.78, 5) is 22.8. The Balaban J connectivity index is 2.30. The molecule has 116 valence electrons. The number of carboxylic acid groups (broad SMARTS) is 1. The number of nitrogens with one attached hydrogen (secondary N) is 2. The second-order valence-corrected chi connectivity index (χ2v) is 6.76. The first-order valence-electron chi connectivity index (χ1n) is 7.32. The van der Waals surface area contributed by atoms with E-state index in [0.29, 0.717) is 13.0 Å². The molecule has 0 aliphatic heterocycles. The molecule has 1 fully saturated rings. The summed E-state index contributed by atoms with van der Waals surface area (Å²) in [7, 11) is 0. The second kappa shape index (κ2) is 8.39. The lowest BCUT2D eigenvalue weighted by Gasteiger charge is -2.27. The molecule has 0 bridgehead atoms. The minimum atomic E-state index is -0.844. The Morgan fingerprint density at radius 3 is 2.45 bits per heavy atom. The van der Waals surface area contributed by atoms with Crippen molar-refractivity contribution < 1.29 is 14.7 Å². The first-order valence-corrected chi connectivity index (χ1v) is 8.55. The van der Waals surface area contributed by atoms with Gasteiger partial charge in [0.2, 0.25) is 0 Å². The average Bonchev–Trinajstić information content (AvgIpc) is 2.90.